The maximum atomic E-state index is 13.1. The summed E-state index contributed by atoms with van der Waals surface area (Å²) in [4.78, 5) is 14.6. The number of nitrogens with zero attached hydrogens (tertiary/aromatic N) is 8. The number of alkyl halides is 3. The Labute approximate surface area is 231 Å². The molecule has 2 aliphatic rings. The maximum absolute atomic E-state index is 13.1. The molecular weight excluding hydrogens is 521 g/mol. The van der Waals surface area contributed by atoms with Gasteiger partial charge in [0.15, 0.2) is 11.5 Å². The van der Waals surface area contributed by atoms with Gasteiger partial charge in [-0.15, -0.1) is 10.2 Å². The molecule has 214 valence electrons. The Morgan fingerprint density at radius 3 is 2.52 bits per heavy atom. The number of anilines is 1. The molecule has 4 aromatic rings. The van der Waals surface area contributed by atoms with Crippen molar-refractivity contribution in [3.05, 3.63) is 47.5 Å². The molecule has 2 saturated heterocycles. The predicted octanol–water partition coefficient (Wildman–Crippen LogP) is 5.03. The first-order valence-corrected chi connectivity index (χ1v) is 14.0. The van der Waals surface area contributed by atoms with Gasteiger partial charge in [0, 0.05) is 37.8 Å². The Morgan fingerprint density at radius 2 is 1.85 bits per heavy atom. The summed E-state index contributed by atoms with van der Waals surface area (Å²) in [6.45, 7) is 11.4. The lowest BCUT2D eigenvalue weighted by Crippen LogP contribution is -2.57. The molecule has 6 rings (SSSR count). The molecular formula is C28H35F3N8O. The summed E-state index contributed by atoms with van der Waals surface area (Å²) in [5.41, 5.74) is 2.00. The molecule has 4 atom stereocenters. The summed E-state index contributed by atoms with van der Waals surface area (Å²) in [6, 6.07) is 5.84. The third-order valence-corrected chi connectivity index (χ3v) is 8.43. The number of aryl methyl sites for hydroxylation is 1. The third kappa shape index (κ3) is 4.70. The molecule has 2 aliphatic heterocycles. The molecule has 0 saturated carbocycles. The van der Waals surface area contributed by atoms with Crippen LogP contribution in [-0.4, -0.2) is 71.9 Å². The number of benzene rings is 1. The van der Waals surface area contributed by atoms with Gasteiger partial charge in [-0.3, -0.25) is 4.90 Å². The van der Waals surface area contributed by atoms with Gasteiger partial charge >= 0.3 is 6.18 Å². The lowest BCUT2D eigenvalue weighted by Gasteiger charge is -2.48. The van der Waals surface area contributed by atoms with Crippen molar-refractivity contribution in [2.75, 3.05) is 24.6 Å². The van der Waals surface area contributed by atoms with Gasteiger partial charge in [-0.2, -0.15) is 18.2 Å². The molecule has 0 radical (unpaired) electrons. The highest BCUT2D eigenvalue weighted by Gasteiger charge is 2.36. The van der Waals surface area contributed by atoms with Gasteiger partial charge in [-0.25, -0.2) is 9.38 Å². The quantitative estimate of drug-likeness (QED) is 0.330. The zero-order valence-corrected chi connectivity index (χ0v) is 23.3. The Morgan fingerprint density at radius 1 is 1.07 bits per heavy atom. The van der Waals surface area contributed by atoms with E-state index in [9.17, 15) is 13.2 Å². The van der Waals surface area contributed by atoms with E-state index in [2.05, 4.69) is 45.3 Å². The molecule has 40 heavy (non-hydrogen) atoms. The van der Waals surface area contributed by atoms with Gasteiger partial charge in [0.05, 0.1) is 18.2 Å². The third-order valence-electron chi connectivity index (χ3n) is 8.43. The van der Waals surface area contributed by atoms with Crippen LogP contribution in [0.4, 0.5) is 19.0 Å². The second kappa shape index (κ2) is 10.3. The van der Waals surface area contributed by atoms with E-state index in [1.54, 1.807) is 18.5 Å². The van der Waals surface area contributed by atoms with Gasteiger partial charge < -0.3 is 14.2 Å². The highest BCUT2D eigenvalue weighted by atomic mass is 19.4. The monoisotopic (exact) mass is 556 g/mol. The SMILES string of the molecule is CC[C@H](c1ccc(C(F)(F)F)cc1)N1C[C@H](C)N(c2nc3nncn3c3c2nc(C)n3C[C@@H]2CCCO2)C[C@H]1C. The van der Waals surface area contributed by atoms with Crippen LogP contribution in [0.3, 0.4) is 0 Å². The molecule has 2 fully saturated rings. The van der Waals surface area contributed by atoms with Crippen LogP contribution in [0, 0.1) is 6.92 Å². The standard InChI is InChI=1S/C28H35F3N8O/c1-5-23(20-8-10-21(11-9-20)28(29,30)31)36-13-18(3)37(14-17(36)2)25-24-26(39-16-32-35-27(39)34-25)38(19(4)33-24)15-22-7-6-12-40-22/h8-11,16-18,22-23H,5-7,12-15H2,1-4H3/t17-,18+,22+,23-/m1/s1. The molecule has 9 nitrogen and oxygen atoms in total. The number of ether oxygens (including phenoxy) is 1. The van der Waals surface area contributed by atoms with Crippen molar-refractivity contribution in [2.24, 2.45) is 0 Å². The van der Waals surface area contributed by atoms with Gasteiger partial charge in [-0.05, 0) is 57.7 Å². The van der Waals surface area contributed by atoms with E-state index in [4.69, 9.17) is 14.7 Å². The van der Waals surface area contributed by atoms with Gasteiger partial charge in [0.25, 0.3) is 5.78 Å². The Hall–Kier alpha value is -3.25. The fraction of sp³-hybridized carbons (Fsp3) is 0.571. The van der Waals surface area contributed by atoms with E-state index in [1.165, 1.54) is 12.1 Å². The Balaban J connectivity index is 1.32. The average Bonchev–Trinajstić information content (AvgIpc) is 3.67. The number of imidazole rings is 1. The first-order chi connectivity index (χ1) is 19.2. The van der Waals surface area contributed by atoms with Crippen molar-refractivity contribution in [2.45, 2.75) is 83.9 Å². The molecule has 1 aromatic carbocycles. The van der Waals surface area contributed by atoms with Crippen LogP contribution in [0.25, 0.3) is 16.9 Å². The van der Waals surface area contributed by atoms with Crippen molar-refractivity contribution in [1.82, 2.24) is 34.0 Å². The van der Waals surface area contributed by atoms with Crippen molar-refractivity contribution < 1.29 is 17.9 Å². The first kappa shape index (κ1) is 26.9. The van der Waals surface area contributed by atoms with E-state index in [0.717, 1.165) is 60.8 Å². The van der Waals surface area contributed by atoms with E-state index >= 15 is 0 Å². The molecule has 0 N–H and O–H groups in total. The van der Waals surface area contributed by atoms with Crippen LogP contribution >= 0.6 is 0 Å². The highest BCUT2D eigenvalue weighted by molar-refractivity contribution is 5.87. The van der Waals surface area contributed by atoms with Crippen molar-refractivity contribution in [1.29, 1.82) is 0 Å². The number of halogens is 3. The van der Waals surface area contributed by atoms with Crippen LogP contribution in [0.15, 0.2) is 30.6 Å². The lowest BCUT2D eigenvalue weighted by molar-refractivity contribution is -0.137. The molecule has 0 unspecified atom stereocenters. The average molecular weight is 557 g/mol. The number of hydrogen-bond acceptors (Lipinski definition) is 7. The molecule has 3 aromatic heterocycles. The van der Waals surface area contributed by atoms with Crippen molar-refractivity contribution in [3.8, 4) is 0 Å². The molecule has 5 heterocycles. The second-order valence-electron chi connectivity index (χ2n) is 11.1. The highest BCUT2D eigenvalue weighted by Crippen LogP contribution is 2.36. The predicted molar refractivity (Wildman–Crippen MR) is 145 cm³/mol. The number of rotatable bonds is 6. The zero-order chi connectivity index (χ0) is 28.2. The minimum absolute atomic E-state index is 0.0155. The number of piperazine rings is 1. The van der Waals surface area contributed by atoms with Crippen LogP contribution in [0.5, 0.6) is 0 Å². The summed E-state index contributed by atoms with van der Waals surface area (Å²) in [5, 5.41) is 8.42. The molecule has 0 amide bonds. The fourth-order valence-corrected chi connectivity index (χ4v) is 6.40. The molecule has 0 aliphatic carbocycles. The van der Waals surface area contributed by atoms with E-state index in [-0.39, 0.29) is 24.2 Å². The Kier molecular flexibility index (Phi) is 6.94. The van der Waals surface area contributed by atoms with Crippen molar-refractivity contribution in [3.63, 3.8) is 0 Å². The lowest BCUT2D eigenvalue weighted by atomic mass is 9.96. The van der Waals surface area contributed by atoms with E-state index < -0.39 is 11.7 Å². The summed E-state index contributed by atoms with van der Waals surface area (Å²) in [7, 11) is 0. The molecule has 12 heteroatoms. The maximum Gasteiger partial charge on any atom is 0.416 e. The van der Waals surface area contributed by atoms with Crippen LogP contribution in [-0.2, 0) is 17.5 Å². The normalized spacial score (nSPS) is 23.5. The van der Waals surface area contributed by atoms with E-state index in [1.807, 2.05) is 11.3 Å². The molecule has 0 bridgehead atoms. The second-order valence-corrected chi connectivity index (χ2v) is 11.1. The minimum Gasteiger partial charge on any atom is -0.376 e. The van der Waals surface area contributed by atoms with Gasteiger partial charge in [0.2, 0.25) is 0 Å². The summed E-state index contributed by atoms with van der Waals surface area (Å²) < 4.78 is 49.5. The van der Waals surface area contributed by atoms with Crippen LogP contribution < -0.4 is 4.90 Å². The zero-order valence-electron chi connectivity index (χ0n) is 23.3. The topological polar surface area (TPSA) is 76.6 Å². The first-order valence-electron chi connectivity index (χ1n) is 14.0. The fourth-order valence-electron chi connectivity index (χ4n) is 6.40. The van der Waals surface area contributed by atoms with Gasteiger partial charge in [0.1, 0.15) is 17.7 Å². The van der Waals surface area contributed by atoms with Gasteiger partial charge in [-0.1, -0.05) is 19.1 Å². The summed E-state index contributed by atoms with van der Waals surface area (Å²) in [6.07, 6.45) is 0.377. The molecule has 0 spiro atoms. The summed E-state index contributed by atoms with van der Waals surface area (Å²) >= 11 is 0. The van der Waals surface area contributed by atoms with E-state index in [0.29, 0.717) is 18.9 Å². The number of aromatic nitrogens is 6. The largest absolute Gasteiger partial charge is 0.416 e. The number of fused-ring (bicyclic) bond motifs is 3. The number of hydrogen-bond donors (Lipinski definition) is 0. The van der Waals surface area contributed by atoms with Crippen LogP contribution in [0.2, 0.25) is 0 Å². The summed E-state index contributed by atoms with van der Waals surface area (Å²) in [5.74, 6) is 2.20. The van der Waals surface area contributed by atoms with Crippen molar-refractivity contribution >= 4 is 22.8 Å². The minimum atomic E-state index is -4.34. The smallest absolute Gasteiger partial charge is 0.376 e. The van der Waals surface area contributed by atoms with Crippen LogP contribution in [0.1, 0.15) is 63.0 Å². The Bertz CT molecular complexity index is 1490.